The Morgan fingerprint density at radius 3 is 0.701 bits per heavy atom. The van der Waals surface area contributed by atoms with Gasteiger partial charge < -0.3 is 40.9 Å². The van der Waals surface area contributed by atoms with Gasteiger partial charge in [0.2, 0.25) is 6.04 Å². The highest BCUT2D eigenvalue weighted by atomic mass is 35.5. The molecular weight excluding hydrogens is 894 g/mol. The summed E-state index contributed by atoms with van der Waals surface area (Å²) in [6.45, 7) is 7.02. The molecule has 0 spiro atoms. The van der Waals surface area contributed by atoms with Gasteiger partial charge in [-0.05, 0) is 25.8 Å². The predicted octanol–water partition coefficient (Wildman–Crippen LogP) is 11.0. The fraction of sp³-hybridized carbons (Fsp3) is 0.837. The number of carboxylic acid groups (broad SMARTS) is 8. The summed E-state index contributed by atoms with van der Waals surface area (Å²) in [5.41, 5.74) is 0. The average molecular weight is 985 g/mol. The third kappa shape index (κ3) is 41.9. The minimum absolute atomic E-state index is 0. The molecule has 0 aromatic rings. The number of carboxylic acids is 8. The molecule has 0 saturated heterocycles. The van der Waals surface area contributed by atoms with Crippen molar-refractivity contribution in [2.45, 2.75) is 232 Å². The Bertz CT molecular complexity index is 1270. The van der Waals surface area contributed by atoms with Crippen molar-refractivity contribution in [3.05, 3.63) is 0 Å². The van der Waals surface area contributed by atoms with E-state index in [4.69, 9.17) is 40.9 Å². The number of nitrogens with one attached hydrogen (secondary N) is 1. The minimum Gasteiger partial charge on any atom is -0.481 e. The van der Waals surface area contributed by atoms with Crippen LogP contribution < -0.4 is 5.32 Å². The van der Waals surface area contributed by atoms with Gasteiger partial charge in [-0.3, -0.25) is 34.1 Å². The summed E-state index contributed by atoms with van der Waals surface area (Å²) in [7, 11) is 0. The highest BCUT2D eigenvalue weighted by molar-refractivity contribution is 5.98. The molecule has 18 heteroatoms. The van der Waals surface area contributed by atoms with Crippen LogP contribution in [-0.2, 0) is 38.4 Å². The zero-order chi connectivity index (χ0) is 50.5. The van der Waals surface area contributed by atoms with Crippen LogP contribution in [-0.4, -0.2) is 101 Å². The number of unbranched alkanes of at least 4 members (excludes halogenated alkanes) is 27. The molecule has 17 nitrogen and oxygen atoms in total. The van der Waals surface area contributed by atoms with Crippen LogP contribution in [0.2, 0.25) is 0 Å². The van der Waals surface area contributed by atoms with Crippen molar-refractivity contribution < 1.29 is 79.2 Å². The molecule has 2 atom stereocenters. The fourth-order valence-corrected chi connectivity index (χ4v) is 7.61. The lowest BCUT2D eigenvalue weighted by Gasteiger charge is -2.16. The van der Waals surface area contributed by atoms with Crippen LogP contribution in [0.5, 0.6) is 0 Å². The molecule has 0 heterocycles. The van der Waals surface area contributed by atoms with Crippen molar-refractivity contribution in [3.8, 4) is 0 Å². The number of halogens is 1. The largest absolute Gasteiger partial charge is 0.481 e. The molecular formula is C49H90ClNO16. The number of hydrogen-bond donors (Lipinski definition) is 9. The second-order valence-electron chi connectivity index (χ2n) is 17.4. The Morgan fingerprint density at radius 1 is 0.299 bits per heavy atom. The van der Waals surface area contributed by atoms with Crippen LogP contribution in [0.15, 0.2) is 0 Å². The van der Waals surface area contributed by atoms with Crippen LogP contribution in [0.4, 0.5) is 0 Å². The van der Waals surface area contributed by atoms with Crippen molar-refractivity contribution in [3.63, 3.8) is 0 Å². The highest BCUT2D eigenvalue weighted by Crippen LogP contribution is 2.23. The molecule has 9 N–H and O–H groups in total. The molecule has 0 aromatic heterocycles. The molecule has 0 aliphatic carbocycles. The van der Waals surface area contributed by atoms with E-state index in [9.17, 15) is 38.4 Å². The van der Waals surface area contributed by atoms with Gasteiger partial charge >= 0.3 is 47.8 Å². The summed E-state index contributed by atoms with van der Waals surface area (Å²) in [6.07, 6.45) is 34.0. The van der Waals surface area contributed by atoms with E-state index in [0.717, 1.165) is 64.2 Å². The van der Waals surface area contributed by atoms with Gasteiger partial charge in [-0.1, -0.05) is 207 Å². The number of hydrogen-bond acceptors (Lipinski definition) is 9. The molecule has 67 heavy (non-hydrogen) atoms. The molecule has 0 aliphatic heterocycles. The topological polar surface area (TPSA) is 310 Å². The maximum atomic E-state index is 11.2. The first-order valence-electron chi connectivity index (χ1n) is 25.0. The second kappa shape index (κ2) is 48.5. The van der Waals surface area contributed by atoms with E-state index >= 15 is 0 Å². The molecule has 0 rings (SSSR count). The Balaban J connectivity index is -0.000000444. The maximum Gasteiger partial charge on any atom is 0.332 e. The first-order chi connectivity index (χ1) is 31.4. The van der Waals surface area contributed by atoms with Gasteiger partial charge in [-0.2, -0.15) is 0 Å². The molecule has 2 unspecified atom stereocenters. The van der Waals surface area contributed by atoms with Crippen molar-refractivity contribution in [2.24, 2.45) is 23.7 Å². The third-order valence-corrected chi connectivity index (χ3v) is 11.6. The number of carbonyl (C=O) groups is 8. The third-order valence-electron chi connectivity index (χ3n) is 11.6. The number of rotatable bonds is 44. The Kier molecular flexibility index (Phi) is 50.3. The Morgan fingerprint density at radius 2 is 0.507 bits per heavy atom. The van der Waals surface area contributed by atoms with Crippen molar-refractivity contribution in [1.29, 1.82) is 0 Å². The van der Waals surface area contributed by atoms with E-state index in [1.807, 2.05) is 0 Å². The van der Waals surface area contributed by atoms with Crippen LogP contribution >= 0.6 is 12.4 Å². The monoisotopic (exact) mass is 984 g/mol. The van der Waals surface area contributed by atoms with Gasteiger partial charge in [0.05, 0.1) is 11.8 Å². The van der Waals surface area contributed by atoms with Gasteiger partial charge in [0.25, 0.3) is 0 Å². The van der Waals surface area contributed by atoms with Crippen molar-refractivity contribution >= 4 is 60.2 Å². The van der Waals surface area contributed by atoms with Crippen molar-refractivity contribution in [1.82, 2.24) is 5.32 Å². The smallest absolute Gasteiger partial charge is 0.332 e. The van der Waals surface area contributed by atoms with E-state index in [0.29, 0.717) is 19.4 Å². The lowest BCUT2D eigenvalue weighted by Crippen LogP contribution is -2.43. The van der Waals surface area contributed by atoms with Crippen LogP contribution in [0.1, 0.15) is 226 Å². The highest BCUT2D eigenvalue weighted by Gasteiger charge is 2.40. The SMILES string of the molecule is CCCCCCCCCCC(C(=O)O)C(C(=O)O)C(=O)O.CCCCCCCCCCCCCCC(C(=O)O)C(C(=O)O)C(=O)O.CCCCCCCCCCCCNC(C(=O)O)C(=O)O.Cl. The van der Waals surface area contributed by atoms with Gasteiger partial charge in [0.15, 0.2) is 11.8 Å². The quantitative estimate of drug-likeness (QED) is 0.0202. The second-order valence-corrected chi connectivity index (χ2v) is 17.4. The van der Waals surface area contributed by atoms with Gasteiger partial charge in [0.1, 0.15) is 0 Å². The molecule has 0 bridgehead atoms. The first-order valence-corrected chi connectivity index (χ1v) is 25.0. The van der Waals surface area contributed by atoms with E-state index in [1.165, 1.54) is 116 Å². The first kappa shape index (κ1) is 69.6. The van der Waals surface area contributed by atoms with Crippen LogP contribution in [0.25, 0.3) is 0 Å². The van der Waals surface area contributed by atoms with Crippen molar-refractivity contribution in [2.75, 3.05) is 6.54 Å². The maximum absolute atomic E-state index is 11.2. The summed E-state index contributed by atoms with van der Waals surface area (Å²) in [4.78, 5) is 87.1. The van der Waals surface area contributed by atoms with Gasteiger partial charge in [-0.15, -0.1) is 12.4 Å². The summed E-state index contributed by atoms with van der Waals surface area (Å²) in [5, 5.41) is 73.5. The minimum atomic E-state index is -1.87. The van der Waals surface area contributed by atoms with E-state index < -0.39 is 77.5 Å². The number of aliphatic carboxylic acids is 8. The molecule has 0 fully saturated rings. The molecule has 394 valence electrons. The molecule has 0 saturated carbocycles. The molecule has 0 aliphatic rings. The van der Waals surface area contributed by atoms with Crippen LogP contribution in [0.3, 0.4) is 0 Å². The lowest BCUT2D eigenvalue weighted by molar-refractivity contribution is -0.165. The van der Waals surface area contributed by atoms with E-state index in [-0.39, 0.29) is 25.2 Å². The zero-order valence-corrected chi connectivity index (χ0v) is 41.8. The fourth-order valence-electron chi connectivity index (χ4n) is 7.61. The summed E-state index contributed by atoms with van der Waals surface area (Å²) >= 11 is 0. The molecule has 0 radical (unpaired) electrons. The molecule has 0 amide bonds. The van der Waals surface area contributed by atoms with Crippen LogP contribution in [0, 0.1) is 23.7 Å². The standard InChI is InChI=1S/C19H34O6.C15H29NO4.C15H26O6.ClH/c1-2-3-4-5-6-7-8-9-10-11-12-13-14-15(17(20)21)16(18(22)23)19(24)25;1-2-3-4-5-6-7-8-9-10-11-12-16-13(14(17)18)15(19)20;1-2-3-4-5-6-7-8-9-10-11(13(16)17)12(14(18)19)15(20)21;/h15-16H,2-14H2,1H3,(H,20,21)(H,22,23)(H,24,25);13,16H,2-12H2,1H3,(H,17,18)(H,19,20);11-12H,2-10H2,1H3,(H,16,17)(H,18,19)(H,20,21);1H. The van der Waals surface area contributed by atoms with E-state index in [1.54, 1.807) is 0 Å². The van der Waals surface area contributed by atoms with Gasteiger partial charge in [0, 0.05) is 0 Å². The average Bonchev–Trinajstić information content (AvgIpc) is 3.23. The zero-order valence-electron chi connectivity index (χ0n) is 41.0. The summed E-state index contributed by atoms with van der Waals surface area (Å²) in [6, 6.07) is -1.48. The lowest BCUT2D eigenvalue weighted by atomic mass is 9.87. The Hall–Kier alpha value is -3.99. The summed E-state index contributed by atoms with van der Waals surface area (Å²) in [5.74, 6) is -18.2. The predicted molar refractivity (Wildman–Crippen MR) is 259 cm³/mol. The van der Waals surface area contributed by atoms with Gasteiger partial charge in [-0.25, -0.2) is 9.59 Å². The Labute approximate surface area is 406 Å². The summed E-state index contributed by atoms with van der Waals surface area (Å²) < 4.78 is 0. The molecule has 0 aromatic carbocycles. The van der Waals surface area contributed by atoms with E-state index in [2.05, 4.69) is 26.1 Å². The normalized spacial score (nSPS) is 11.7.